The van der Waals surface area contributed by atoms with Crippen molar-refractivity contribution in [2.45, 2.75) is 51.5 Å². The van der Waals surface area contributed by atoms with E-state index in [0.717, 1.165) is 34.2 Å². The number of fused-ring (bicyclic) bond motifs is 3. The Labute approximate surface area is 180 Å². The van der Waals surface area contributed by atoms with Gasteiger partial charge >= 0.3 is 0 Å². The van der Waals surface area contributed by atoms with Crippen molar-refractivity contribution < 1.29 is 4.79 Å². The third-order valence-electron chi connectivity index (χ3n) is 5.80. The first-order chi connectivity index (χ1) is 14.5. The molecule has 6 heteroatoms. The Kier molecular flexibility index (Phi) is 4.78. The fourth-order valence-corrected chi connectivity index (χ4v) is 4.46. The number of aromatic nitrogens is 3. The summed E-state index contributed by atoms with van der Waals surface area (Å²) in [7, 11) is 0. The molecule has 1 saturated carbocycles. The van der Waals surface area contributed by atoms with Crippen molar-refractivity contribution in [3.63, 3.8) is 0 Å². The van der Waals surface area contributed by atoms with Gasteiger partial charge in [0.15, 0.2) is 0 Å². The van der Waals surface area contributed by atoms with Gasteiger partial charge in [-0.15, -0.1) is 0 Å². The lowest BCUT2D eigenvalue weighted by Gasteiger charge is -2.15. The second-order valence-corrected chi connectivity index (χ2v) is 8.60. The summed E-state index contributed by atoms with van der Waals surface area (Å²) in [6.45, 7) is 3.71. The maximum Gasteiger partial charge on any atom is 0.138 e. The number of hydrogen-bond donors (Lipinski definition) is 0. The third-order valence-corrected chi connectivity index (χ3v) is 6.04. The van der Waals surface area contributed by atoms with E-state index in [4.69, 9.17) is 21.6 Å². The molecular weight excluding hydrogens is 396 g/mol. The number of benzene rings is 1. The average molecular weight is 419 g/mol. The highest BCUT2D eigenvalue weighted by Crippen LogP contribution is 2.45. The second kappa shape index (κ2) is 7.47. The monoisotopic (exact) mass is 418 g/mol. The van der Waals surface area contributed by atoms with Crippen LogP contribution in [0.2, 0.25) is 5.02 Å². The van der Waals surface area contributed by atoms with E-state index < -0.39 is 0 Å². The van der Waals surface area contributed by atoms with E-state index in [1.165, 1.54) is 18.5 Å². The van der Waals surface area contributed by atoms with E-state index in [2.05, 4.69) is 22.5 Å². The molecule has 152 valence electrons. The summed E-state index contributed by atoms with van der Waals surface area (Å²) in [4.78, 5) is 26.5. The molecule has 0 unspecified atom stereocenters. The lowest BCUT2D eigenvalue weighted by Crippen LogP contribution is -2.10. The van der Waals surface area contributed by atoms with E-state index in [1.807, 2.05) is 30.3 Å². The fraction of sp³-hybridized carbons (Fsp3) is 0.333. The number of aliphatic imine (C=N–C) groups is 1. The standard InChI is InChI=1S/C24H23ClN4O/c1-14(30)6-10-20-24-27-15(2)23(16-7-8-16)29(24)21-11-9-17(25)13-18(21)22(28-20)19-5-3-4-12-26-19/h3-5,9,11-13,16,20H,6-8,10H2,1-2H3/t20-/m0/s1. The molecule has 3 heterocycles. The van der Waals surface area contributed by atoms with Crippen LogP contribution >= 0.6 is 11.6 Å². The summed E-state index contributed by atoms with van der Waals surface area (Å²) < 4.78 is 2.28. The van der Waals surface area contributed by atoms with Crippen LogP contribution in [0.25, 0.3) is 5.69 Å². The summed E-state index contributed by atoms with van der Waals surface area (Å²) in [5.74, 6) is 1.59. The van der Waals surface area contributed by atoms with Crippen molar-refractivity contribution in [1.82, 2.24) is 14.5 Å². The van der Waals surface area contributed by atoms with Gasteiger partial charge in [0.05, 0.1) is 22.8 Å². The van der Waals surface area contributed by atoms with Crippen molar-refractivity contribution in [3.05, 3.63) is 76.1 Å². The van der Waals surface area contributed by atoms with Gasteiger partial charge in [0.2, 0.25) is 0 Å². The zero-order valence-electron chi connectivity index (χ0n) is 17.1. The van der Waals surface area contributed by atoms with Crippen LogP contribution < -0.4 is 0 Å². The number of carbonyl (C=O) groups is 1. The first kappa shape index (κ1) is 19.2. The van der Waals surface area contributed by atoms with Crippen molar-refractivity contribution in [3.8, 4) is 5.69 Å². The Hall–Kier alpha value is -2.79. The molecule has 30 heavy (non-hydrogen) atoms. The van der Waals surface area contributed by atoms with Crippen LogP contribution in [0.5, 0.6) is 0 Å². The van der Waals surface area contributed by atoms with Gasteiger partial charge in [0.25, 0.3) is 0 Å². The SMILES string of the molecule is CC(=O)CC[C@@H]1N=C(c2ccccn2)c2cc(Cl)ccc2-n2c1nc(C)c2C1CC1. The zero-order valence-corrected chi connectivity index (χ0v) is 17.9. The van der Waals surface area contributed by atoms with Gasteiger partial charge in [-0.1, -0.05) is 17.7 Å². The van der Waals surface area contributed by atoms with E-state index in [0.29, 0.717) is 23.8 Å². The zero-order chi connectivity index (χ0) is 20.8. The number of aryl methyl sites for hydroxylation is 1. The Balaban J connectivity index is 1.78. The van der Waals surface area contributed by atoms with Crippen LogP contribution in [0, 0.1) is 6.92 Å². The van der Waals surface area contributed by atoms with E-state index in [-0.39, 0.29) is 11.8 Å². The van der Waals surface area contributed by atoms with Crippen molar-refractivity contribution in [2.75, 3.05) is 0 Å². The number of hydrogen-bond acceptors (Lipinski definition) is 4. The van der Waals surface area contributed by atoms with E-state index in [1.54, 1.807) is 13.1 Å². The highest BCUT2D eigenvalue weighted by molar-refractivity contribution is 6.31. The molecule has 0 saturated heterocycles. The summed E-state index contributed by atoms with van der Waals surface area (Å²) in [6, 6.07) is 11.5. The molecule has 5 nitrogen and oxygen atoms in total. The largest absolute Gasteiger partial charge is 0.300 e. The van der Waals surface area contributed by atoms with Gasteiger partial charge in [-0.3, -0.25) is 14.5 Å². The second-order valence-electron chi connectivity index (χ2n) is 8.16. The molecule has 5 rings (SSSR count). The highest BCUT2D eigenvalue weighted by atomic mass is 35.5. The number of Topliss-reactive ketones (excluding diaryl/α,β-unsaturated/α-hetero) is 1. The summed E-state index contributed by atoms with van der Waals surface area (Å²) >= 11 is 6.42. The van der Waals surface area contributed by atoms with Crippen LogP contribution in [-0.4, -0.2) is 26.0 Å². The Morgan fingerprint density at radius 2 is 2.07 bits per heavy atom. The van der Waals surface area contributed by atoms with Gasteiger partial charge in [-0.05, 0) is 63.4 Å². The number of ketones is 1. The first-order valence-corrected chi connectivity index (χ1v) is 10.8. The molecule has 2 aromatic heterocycles. The predicted octanol–water partition coefficient (Wildman–Crippen LogP) is 5.37. The molecule has 0 bridgehead atoms. The van der Waals surface area contributed by atoms with Gasteiger partial charge in [0.1, 0.15) is 17.6 Å². The third kappa shape index (κ3) is 3.37. The topological polar surface area (TPSA) is 60.1 Å². The number of halogens is 1. The predicted molar refractivity (Wildman–Crippen MR) is 118 cm³/mol. The van der Waals surface area contributed by atoms with Crippen LogP contribution in [0.4, 0.5) is 0 Å². The number of nitrogens with zero attached hydrogens (tertiary/aromatic N) is 4. The minimum Gasteiger partial charge on any atom is -0.300 e. The molecule has 0 radical (unpaired) electrons. The van der Waals surface area contributed by atoms with Crippen LogP contribution in [0.1, 0.15) is 73.0 Å². The molecule has 1 aliphatic heterocycles. The number of carbonyl (C=O) groups excluding carboxylic acids is 1. The minimum absolute atomic E-state index is 0.159. The van der Waals surface area contributed by atoms with Crippen molar-refractivity contribution in [1.29, 1.82) is 0 Å². The first-order valence-electron chi connectivity index (χ1n) is 10.4. The molecule has 1 aromatic carbocycles. The van der Waals surface area contributed by atoms with Crippen molar-refractivity contribution >= 4 is 23.1 Å². The van der Waals surface area contributed by atoms with Crippen LogP contribution in [0.15, 0.2) is 47.6 Å². The average Bonchev–Trinajstić information content (AvgIpc) is 3.52. The van der Waals surface area contributed by atoms with E-state index in [9.17, 15) is 4.79 Å². The van der Waals surface area contributed by atoms with Gasteiger partial charge in [-0.25, -0.2) is 4.98 Å². The smallest absolute Gasteiger partial charge is 0.138 e. The number of pyridine rings is 1. The normalized spacial score (nSPS) is 17.7. The highest BCUT2D eigenvalue weighted by Gasteiger charge is 2.36. The van der Waals surface area contributed by atoms with Crippen LogP contribution in [0.3, 0.4) is 0 Å². The summed E-state index contributed by atoms with van der Waals surface area (Å²) in [5.41, 5.74) is 5.89. The Morgan fingerprint density at radius 1 is 1.23 bits per heavy atom. The molecule has 0 amide bonds. The molecule has 2 aliphatic rings. The number of imidazole rings is 1. The summed E-state index contributed by atoms with van der Waals surface area (Å²) in [5, 5.41) is 0.658. The molecular formula is C24H23ClN4O. The fourth-order valence-electron chi connectivity index (χ4n) is 4.29. The van der Waals surface area contributed by atoms with E-state index >= 15 is 0 Å². The van der Waals surface area contributed by atoms with Gasteiger partial charge in [-0.2, -0.15) is 0 Å². The van der Waals surface area contributed by atoms with Crippen molar-refractivity contribution in [2.24, 2.45) is 4.99 Å². The quantitative estimate of drug-likeness (QED) is 0.559. The molecule has 0 spiro atoms. The lowest BCUT2D eigenvalue weighted by molar-refractivity contribution is -0.117. The lowest BCUT2D eigenvalue weighted by atomic mass is 10.0. The van der Waals surface area contributed by atoms with Gasteiger partial charge < -0.3 is 4.79 Å². The Bertz CT molecular complexity index is 1160. The maximum atomic E-state index is 11.8. The molecule has 1 fully saturated rings. The molecule has 0 N–H and O–H groups in total. The summed E-state index contributed by atoms with van der Waals surface area (Å²) in [6.07, 6.45) is 5.22. The number of rotatable bonds is 5. The molecule has 3 aromatic rings. The maximum absolute atomic E-state index is 11.8. The molecule has 1 aliphatic carbocycles. The molecule has 1 atom stereocenters. The van der Waals surface area contributed by atoms with Gasteiger partial charge in [0, 0.05) is 34.8 Å². The minimum atomic E-state index is -0.219. The Morgan fingerprint density at radius 3 is 2.77 bits per heavy atom. The van der Waals surface area contributed by atoms with Crippen LogP contribution in [-0.2, 0) is 4.79 Å².